The molecule has 4 rings (SSSR count). The van der Waals surface area contributed by atoms with Crippen LogP contribution in [-0.2, 0) is 19.1 Å². The van der Waals surface area contributed by atoms with Crippen molar-refractivity contribution in [2.75, 3.05) is 35.2 Å². The van der Waals surface area contributed by atoms with E-state index in [1.54, 1.807) is 17.9 Å². The minimum atomic E-state index is -1.13. The van der Waals surface area contributed by atoms with Crippen molar-refractivity contribution < 1.29 is 23.5 Å². The predicted octanol–water partition coefficient (Wildman–Crippen LogP) is 1.75. The van der Waals surface area contributed by atoms with E-state index in [0.717, 1.165) is 0 Å². The molecule has 11 heteroatoms. The van der Waals surface area contributed by atoms with Gasteiger partial charge in [0.25, 0.3) is 5.56 Å². The van der Waals surface area contributed by atoms with E-state index < -0.39 is 29.1 Å². The van der Waals surface area contributed by atoms with Gasteiger partial charge in [-0.05, 0) is 31.9 Å². The van der Waals surface area contributed by atoms with Crippen LogP contribution in [0.25, 0.3) is 0 Å². The standard InChI is InChI=1S/C22H24FN5O5/c1-2-33-21(32)12-6-5-9-28(11-12)22-26-18-17(20(31)27-22)13(10-16(29)25-18)19(30)24-15-8-4-3-7-14(15)23/h3-4,7-8,12-13H,2,5-6,9-11H2,1H3,(H,24,30)(H2,25,26,27,29,31)/t12-,13+/m0/s1. The third-order valence-electron chi connectivity index (χ3n) is 5.73. The number of halogens is 1. The van der Waals surface area contributed by atoms with Crippen molar-refractivity contribution in [3.05, 3.63) is 46.0 Å². The lowest BCUT2D eigenvalue weighted by molar-refractivity contribution is -0.148. The number of amides is 2. The lowest BCUT2D eigenvalue weighted by atomic mass is 9.92. The molecule has 1 fully saturated rings. The molecule has 1 aromatic carbocycles. The summed E-state index contributed by atoms with van der Waals surface area (Å²) in [6.45, 7) is 2.89. The molecule has 0 spiro atoms. The first-order valence-corrected chi connectivity index (χ1v) is 10.8. The maximum absolute atomic E-state index is 14.0. The molecule has 0 saturated carbocycles. The molecule has 0 aliphatic carbocycles. The van der Waals surface area contributed by atoms with Gasteiger partial charge in [-0.15, -0.1) is 0 Å². The zero-order valence-electron chi connectivity index (χ0n) is 18.0. The van der Waals surface area contributed by atoms with E-state index in [9.17, 15) is 23.6 Å². The quantitative estimate of drug-likeness (QED) is 0.583. The van der Waals surface area contributed by atoms with Crippen LogP contribution in [0.3, 0.4) is 0 Å². The average molecular weight is 457 g/mol. The van der Waals surface area contributed by atoms with Gasteiger partial charge in [0.15, 0.2) is 0 Å². The Labute approximate surface area is 188 Å². The van der Waals surface area contributed by atoms with Crippen molar-refractivity contribution in [2.45, 2.75) is 32.1 Å². The summed E-state index contributed by atoms with van der Waals surface area (Å²) in [5.41, 5.74) is -0.623. The summed E-state index contributed by atoms with van der Waals surface area (Å²) in [6.07, 6.45) is 1.09. The zero-order chi connectivity index (χ0) is 23.5. The number of H-pyrrole nitrogens is 1. The Hall–Kier alpha value is -3.76. The highest BCUT2D eigenvalue weighted by molar-refractivity contribution is 6.04. The fourth-order valence-electron chi connectivity index (χ4n) is 4.14. The molecular formula is C22H24FN5O5. The molecule has 0 radical (unpaired) electrons. The van der Waals surface area contributed by atoms with Crippen LogP contribution in [0.5, 0.6) is 0 Å². The molecule has 2 amide bonds. The van der Waals surface area contributed by atoms with E-state index in [0.29, 0.717) is 25.9 Å². The minimum Gasteiger partial charge on any atom is -0.466 e. The van der Waals surface area contributed by atoms with Gasteiger partial charge in [-0.1, -0.05) is 12.1 Å². The van der Waals surface area contributed by atoms with Gasteiger partial charge in [0.1, 0.15) is 11.6 Å². The Morgan fingerprint density at radius 2 is 2.09 bits per heavy atom. The summed E-state index contributed by atoms with van der Waals surface area (Å²) in [4.78, 5) is 59.0. The van der Waals surface area contributed by atoms with Crippen LogP contribution in [0.2, 0.25) is 0 Å². The van der Waals surface area contributed by atoms with E-state index in [2.05, 4.69) is 20.6 Å². The first kappa shape index (κ1) is 22.4. The number of ether oxygens (including phenoxy) is 1. The molecule has 2 aromatic rings. The van der Waals surface area contributed by atoms with E-state index in [-0.39, 0.29) is 47.9 Å². The molecule has 33 heavy (non-hydrogen) atoms. The zero-order valence-corrected chi connectivity index (χ0v) is 18.0. The summed E-state index contributed by atoms with van der Waals surface area (Å²) < 4.78 is 19.1. The summed E-state index contributed by atoms with van der Waals surface area (Å²) in [7, 11) is 0. The molecule has 0 unspecified atom stereocenters. The summed E-state index contributed by atoms with van der Waals surface area (Å²) >= 11 is 0. The number of aromatic amines is 1. The second kappa shape index (κ2) is 9.39. The Kier molecular flexibility index (Phi) is 6.38. The Bertz CT molecular complexity index is 1150. The van der Waals surface area contributed by atoms with Crippen molar-refractivity contribution in [3.8, 4) is 0 Å². The number of carbonyl (C=O) groups excluding carboxylic acids is 3. The van der Waals surface area contributed by atoms with E-state index in [4.69, 9.17) is 4.74 Å². The Morgan fingerprint density at radius 3 is 2.85 bits per heavy atom. The fourth-order valence-corrected chi connectivity index (χ4v) is 4.14. The molecule has 2 atom stereocenters. The molecule has 3 N–H and O–H groups in total. The largest absolute Gasteiger partial charge is 0.466 e. The summed E-state index contributed by atoms with van der Waals surface area (Å²) in [6, 6.07) is 5.62. The number of nitrogens with one attached hydrogen (secondary N) is 3. The van der Waals surface area contributed by atoms with Gasteiger partial charge in [0.2, 0.25) is 17.8 Å². The molecule has 174 valence electrons. The van der Waals surface area contributed by atoms with Crippen molar-refractivity contribution >= 4 is 35.2 Å². The number of hydrogen-bond acceptors (Lipinski definition) is 7. The van der Waals surface area contributed by atoms with E-state index in [1.165, 1.54) is 18.2 Å². The second-order valence-corrected chi connectivity index (χ2v) is 7.96. The number of fused-ring (bicyclic) bond motifs is 1. The number of hydrogen-bond donors (Lipinski definition) is 3. The average Bonchev–Trinajstić information content (AvgIpc) is 2.80. The van der Waals surface area contributed by atoms with Crippen LogP contribution in [0.15, 0.2) is 29.1 Å². The highest BCUT2D eigenvalue weighted by Gasteiger charge is 2.36. The molecule has 2 aliphatic rings. The van der Waals surface area contributed by atoms with Gasteiger partial charge < -0.3 is 20.3 Å². The molecule has 3 heterocycles. The maximum Gasteiger partial charge on any atom is 0.310 e. The molecule has 1 saturated heterocycles. The van der Waals surface area contributed by atoms with E-state index in [1.807, 2.05) is 0 Å². The molecule has 2 aliphatic heterocycles. The fraction of sp³-hybridized carbons (Fsp3) is 0.409. The lowest BCUT2D eigenvalue weighted by Crippen LogP contribution is -2.42. The number of esters is 1. The van der Waals surface area contributed by atoms with Gasteiger partial charge in [0.05, 0.1) is 29.7 Å². The van der Waals surface area contributed by atoms with Gasteiger partial charge in [-0.2, -0.15) is 4.98 Å². The normalized spacial score (nSPS) is 19.9. The monoisotopic (exact) mass is 457 g/mol. The van der Waals surface area contributed by atoms with Gasteiger partial charge >= 0.3 is 5.97 Å². The predicted molar refractivity (Wildman–Crippen MR) is 117 cm³/mol. The van der Waals surface area contributed by atoms with E-state index >= 15 is 0 Å². The second-order valence-electron chi connectivity index (χ2n) is 7.96. The van der Waals surface area contributed by atoms with Crippen LogP contribution in [0, 0.1) is 11.7 Å². The number of rotatable bonds is 5. The topological polar surface area (TPSA) is 133 Å². The SMILES string of the molecule is CCOC(=O)[C@H]1CCCN(c2nc3c(c(=O)[nH]2)[C@H](C(=O)Nc2ccccc2F)CC(=O)N3)C1. The molecule has 10 nitrogen and oxygen atoms in total. The third-order valence-corrected chi connectivity index (χ3v) is 5.73. The first-order chi connectivity index (χ1) is 15.9. The number of anilines is 3. The van der Waals surface area contributed by atoms with Gasteiger partial charge in [-0.3, -0.25) is 24.2 Å². The van der Waals surface area contributed by atoms with Crippen LogP contribution in [-0.4, -0.2) is 47.4 Å². The van der Waals surface area contributed by atoms with Gasteiger partial charge in [0, 0.05) is 19.5 Å². The number of piperidine rings is 1. The number of benzene rings is 1. The van der Waals surface area contributed by atoms with Gasteiger partial charge in [-0.25, -0.2) is 4.39 Å². The van der Waals surface area contributed by atoms with Crippen molar-refractivity contribution in [1.82, 2.24) is 9.97 Å². The Balaban J connectivity index is 1.60. The number of aromatic nitrogens is 2. The number of carbonyl (C=O) groups is 3. The highest BCUT2D eigenvalue weighted by atomic mass is 19.1. The minimum absolute atomic E-state index is 0.00569. The maximum atomic E-state index is 14.0. The highest BCUT2D eigenvalue weighted by Crippen LogP contribution is 2.31. The molecule has 1 aromatic heterocycles. The van der Waals surface area contributed by atoms with Crippen molar-refractivity contribution in [3.63, 3.8) is 0 Å². The Morgan fingerprint density at radius 1 is 1.30 bits per heavy atom. The number of para-hydroxylation sites is 1. The van der Waals surface area contributed by atoms with Crippen molar-refractivity contribution in [1.29, 1.82) is 0 Å². The van der Waals surface area contributed by atoms with Crippen LogP contribution >= 0.6 is 0 Å². The van der Waals surface area contributed by atoms with Crippen LogP contribution < -0.4 is 21.1 Å². The third kappa shape index (κ3) is 4.71. The molecule has 0 bridgehead atoms. The van der Waals surface area contributed by atoms with Crippen LogP contribution in [0.1, 0.15) is 37.7 Å². The van der Waals surface area contributed by atoms with Crippen LogP contribution in [0.4, 0.5) is 21.8 Å². The summed E-state index contributed by atoms with van der Waals surface area (Å²) in [5, 5.41) is 4.99. The van der Waals surface area contributed by atoms with Crippen molar-refractivity contribution in [2.24, 2.45) is 5.92 Å². The lowest BCUT2D eigenvalue weighted by Gasteiger charge is -2.32. The summed E-state index contributed by atoms with van der Waals surface area (Å²) in [5.74, 6) is -3.41. The number of nitrogens with zero attached hydrogens (tertiary/aromatic N) is 2. The molecular weight excluding hydrogens is 433 g/mol. The smallest absolute Gasteiger partial charge is 0.310 e. The first-order valence-electron chi connectivity index (χ1n) is 10.8.